The number of rotatable bonds is 43. The average molecular weight is 832 g/mol. The highest BCUT2D eigenvalue weighted by Gasteiger charge is 2.25. The van der Waals surface area contributed by atoms with Crippen molar-refractivity contribution in [1.29, 1.82) is 0 Å². The first kappa shape index (κ1) is 55.7. The fraction of sp³-hybridized carbons (Fsp3) is 0.694. The van der Waals surface area contributed by atoms with Gasteiger partial charge in [-0.2, -0.15) is 0 Å². The van der Waals surface area contributed by atoms with Gasteiger partial charge in [0.15, 0.2) is 0 Å². The molecule has 0 aromatic heterocycles. The quantitative estimate of drug-likeness (QED) is 0.0270. The number of hydrogen-bond acceptors (Lipinski definition) is 7. The van der Waals surface area contributed by atoms with E-state index in [9.17, 15) is 14.3 Å². The van der Waals surface area contributed by atoms with Crippen LogP contribution in [0.5, 0.6) is 0 Å². The number of phosphoric ester groups is 1. The summed E-state index contributed by atoms with van der Waals surface area (Å²) in [5.74, 6) is -0.350. The Kier molecular flexibility index (Phi) is 43.9. The third kappa shape index (κ3) is 44.8. The zero-order valence-corrected chi connectivity index (χ0v) is 37.9. The molecule has 2 atom stereocenters. The first-order chi connectivity index (χ1) is 28.4. The third-order valence-electron chi connectivity index (χ3n) is 9.30. The first-order valence-electron chi connectivity index (χ1n) is 23.1. The minimum atomic E-state index is -4.29. The molecular formula is C49H86NO7P. The summed E-state index contributed by atoms with van der Waals surface area (Å²) in [6, 6.07) is 0. The van der Waals surface area contributed by atoms with Crippen LogP contribution in [0.25, 0.3) is 0 Å². The van der Waals surface area contributed by atoms with E-state index < -0.39 is 13.9 Å². The molecule has 0 saturated carbocycles. The van der Waals surface area contributed by atoms with E-state index >= 15 is 0 Å². The molecule has 0 bridgehead atoms. The minimum absolute atomic E-state index is 0.0912. The number of phosphoric acid groups is 1. The predicted octanol–water partition coefficient (Wildman–Crippen LogP) is 14.1. The van der Waals surface area contributed by atoms with Gasteiger partial charge in [-0.1, -0.05) is 170 Å². The molecule has 8 nitrogen and oxygen atoms in total. The van der Waals surface area contributed by atoms with E-state index in [1.54, 1.807) is 0 Å². The summed E-state index contributed by atoms with van der Waals surface area (Å²) in [6.45, 7) is 4.73. The summed E-state index contributed by atoms with van der Waals surface area (Å²) < 4.78 is 33.4. The van der Waals surface area contributed by atoms with Crippen molar-refractivity contribution in [3.8, 4) is 0 Å². The summed E-state index contributed by atoms with van der Waals surface area (Å²) in [5, 5.41) is 0. The van der Waals surface area contributed by atoms with Crippen molar-refractivity contribution in [2.75, 3.05) is 33.0 Å². The number of carbonyl (C=O) groups is 1. The van der Waals surface area contributed by atoms with Gasteiger partial charge in [-0.25, -0.2) is 4.57 Å². The van der Waals surface area contributed by atoms with Crippen LogP contribution in [-0.4, -0.2) is 49.9 Å². The second kappa shape index (κ2) is 45.8. The Labute approximate surface area is 356 Å². The summed E-state index contributed by atoms with van der Waals surface area (Å²) in [6.07, 6.45) is 58.9. The van der Waals surface area contributed by atoms with Gasteiger partial charge in [0.2, 0.25) is 0 Å². The molecule has 58 heavy (non-hydrogen) atoms. The molecule has 334 valence electrons. The van der Waals surface area contributed by atoms with E-state index in [1.807, 2.05) is 0 Å². The number of nitrogens with two attached hydrogens (primary N) is 1. The molecule has 3 N–H and O–H groups in total. The molecule has 0 rings (SSSR count). The second-order valence-electron chi connectivity index (χ2n) is 14.9. The maximum atomic E-state index is 12.6. The molecule has 0 fully saturated rings. The van der Waals surface area contributed by atoms with E-state index in [0.29, 0.717) is 13.0 Å². The number of unbranched alkanes of at least 4 members (excludes halogenated alkanes) is 16. The number of ether oxygens (including phenoxy) is 2. The highest BCUT2D eigenvalue weighted by molar-refractivity contribution is 7.47. The van der Waals surface area contributed by atoms with Crippen LogP contribution in [0.4, 0.5) is 0 Å². The topological polar surface area (TPSA) is 117 Å². The van der Waals surface area contributed by atoms with Gasteiger partial charge < -0.3 is 20.1 Å². The van der Waals surface area contributed by atoms with Gasteiger partial charge in [0.1, 0.15) is 6.10 Å². The van der Waals surface area contributed by atoms with E-state index in [1.165, 1.54) is 64.2 Å². The van der Waals surface area contributed by atoms with Crippen LogP contribution in [0.2, 0.25) is 0 Å². The molecule has 0 saturated heterocycles. The Hall–Kier alpha value is -2.32. The normalized spacial score (nSPS) is 14.2. The molecule has 0 heterocycles. The molecule has 0 amide bonds. The second-order valence-corrected chi connectivity index (χ2v) is 16.3. The lowest BCUT2D eigenvalue weighted by atomic mass is 10.1. The van der Waals surface area contributed by atoms with Crippen LogP contribution in [0.15, 0.2) is 85.1 Å². The Morgan fingerprint density at radius 1 is 0.534 bits per heavy atom. The monoisotopic (exact) mass is 832 g/mol. The summed E-state index contributed by atoms with van der Waals surface area (Å²) >= 11 is 0. The summed E-state index contributed by atoms with van der Waals surface area (Å²) in [5.41, 5.74) is 5.37. The molecule has 0 aliphatic carbocycles. The van der Waals surface area contributed by atoms with Gasteiger partial charge in [0, 0.05) is 19.6 Å². The van der Waals surface area contributed by atoms with Crippen LogP contribution < -0.4 is 5.73 Å². The van der Waals surface area contributed by atoms with Gasteiger partial charge in [0.25, 0.3) is 0 Å². The zero-order valence-electron chi connectivity index (χ0n) is 37.0. The molecule has 0 aliphatic heterocycles. The Morgan fingerprint density at radius 2 is 0.966 bits per heavy atom. The highest BCUT2D eigenvalue weighted by Crippen LogP contribution is 2.43. The van der Waals surface area contributed by atoms with E-state index in [0.717, 1.165) is 96.3 Å². The van der Waals surface area contributed by atoms with Crippen molar-refractivity contribution >= 4 is 13.8 Å². The molecule has 0 radical (unpaired) electrons. The van der Waals surface area contributed by atoms with Crippen molar-refractivity contribution in [3.05, 3.63) is 85.1 Å². The predicted molar refractivity (Wildman–Crippen MR) is 247 cm³/mol. The first-order valence-corrected chi connectivity index (χ1v) is 24.6. The maximum absolute atomic E-state index is 12.6. The van der Waals surface area contributed by atoms with Crippen molar-refractivity contribution in [2.24, 2.45) is 5.73 Å². The largest absolute Gasteiger partial charge is 0.472 e. The van der Waals surface area contributed by atoms with Crippen LogP contribution in [-0.2, 0) is 27.9 Å². The van der Waals surface area contributed by atoms with Gasteiger partial charge in [-0.05, 0) is 89.9 Å². The number of esters is 1. The zero-order chi connectivity index (χ0) is 42.3. The van der Waals surface area contributed by atoms with Gasteiger partial charge in [-0.3, -0.25) is 13.8 Å². The molecule has 0 aromatic carbocycles. The van der Waals surface area contributed by atoms with Crippen LogP contribution in [0.1, 0.15) is 181 Å². The van der Waals surface area contributed by atoms with Crippen molar-refractivity contribution in [1.82, 2.24) is 0 Å². The lowest BCUT2D eigenvalue weighted by molar-refractivity contribution is -0.154. The molecular weight excluding hydrogens is 746 g/mol. The minimum Gasteiger partial charge on any atom is -0.457 e. The lowest BCUT2D eigenvalue weighted by Gasteiger charge is -2.20. The van der Waals surface area contributed by atoms with E-state index in [2.05, 4.69) is 98.9 Å². The van der Waals surface area contributed by atoms with Crippen molar-refractivity contribution in [3.63, 3.8) is 0 Å². The molecule has 0 aliphatic rings. The number of hydrogen-bond donors (Lipinski definition) is 2. The third-order valence-corrected chi connectivity index (χ3v) is 10.3. The Balaban J connectivity index is 4.07. The molecule has 9 heteroatoms. The van der Waals surface area contributed by atoms with Gasteiger partial charge in [-0.15, -0.1) is 0 Å². The van der Waals surface area contributed by atoms with Crippen LogP contribution in [0.3, 0.4) is 0 Å². The van der Waals surface area contributed by atoms with Crippen LogP contribution >= 0.6 is 7.82 Å². The fourth-order valence-corrected chi connectivity index (χ4v) is 6.70. The SMILES string of the molecule is CC/C=C\C/C=C\C/C=C\C/C=C\C/C=C\C/C=C\CCCCCCCOCC(COP(=O)(O)OCCN)OC(=O)CCCCCCC/C=C\CCCCCCCC. The molecule has 0 spiro atoms. The van der Waals surface area contributed by atoms with Gasteiger partial charge >= 0.3 is 13.8 Å². The van der Waals surface area contributed by atoms with E-state index in [-0.39, 0.29) is 32.3 Å². The Bertz CT molecular complexity index is 1160. The van der Waals surface area contributed by atoms with Gasteiger partial charge in [0.05, 0.1) is 19.8 Å². The average Bonchev–Trinajstić information content (AvgIpc) is 3.21. The fourth-order valence-electron chi connectivity index (χ4n) is 5.93. The lowest BCUT2D eigenvalue weighted by Crippen LogP contribution is -2.28. The van der Waals surface area contributed by atoms with Crippen molar-refractivity contribution < 1.29 is 32.8 Å². The molecule has 0 aromatic rings. The number of allylic oxidation sites excluding steroid dienone is 14. The Morgan fingerprint density at radius 3 is 1.47 bits per heavy atom. The number of carbonyl (C=O) groups excluding carboxylic acids is 1. The highest BCUT2D eigenvalue weighted by atomic mass is 31.2. The van der Waals surface area contributed by atoms with E-state index in [4.69, 9.17) is 24.3 Å². The summed E-state index contributed by atoms with van der Waals surface area (Å²) in [7, 11) is -4.29. The van der Waals surface area contributed by atoms with Crippen LogP contribution in [0, 0.1) is 0 Å². The maximum Gasteiger partial charge on any atom is 0.472 e. The van der Waals surface area contributed by atoms with Crippen molar-refractivity contribution in [2.45, 2.75) is 187 Å². The standard InChI is InChI=1S/C49H86NO7P/c1-3-5-7-9-11-13-15-17-19-20-21-22-23-24-25-26-27-29-31-33-35-37-39-41-44-54-46-48(47-56-58(52,53)55-45-43-50)57-49(51)42-40-38-36-34-32-30-28-18-16-14-12-10-8-6-4-2/h5,7,11,13,17-19,21-22,24-25,27-29,48H,3-4,6,8-10,12,14-16,20,23,26,30-47,50H2,1-2H3,(H,52,53)/b7-5-,13-11-,19-17-,22-21-,25-24-,28-18-,29-27-. The smallest absolute Gasteiger partial charge is 0.457 e. The molecule has 2 unspecified atom stereocenters. The summed E-state index contributed by atoms with van der Waals surface area (Å²) in [4.78, 5) is 22.5.